The van der Waals surface area contributed by atoms with Crippen LogP contribution in [0.25, 0.3) is 0 Å². The van der Waals surface area contributed by atoms with Gasteiger partial charge in [0.2, 0.25) is 5.88 Å². The highest BCUT2D eigenvalue weighted by molar-refractivity contribution is 5.56. The van der Waals surface area contributed by atoms with Crippen molar-refractivity contribution in [2.24, 2.45) is 0 Å². The van der Waals surface area contributed by atoms with Crippen molar-refractivity contribution in [3.05, 3.63) is 42.1 Å². The molecule has 20 heavy (non-hydrogen) atoms. The summed E-state index contributed by atoms with van der Waals surface area (Å²) in [6.07, 6.45) is 1.65. The first-order valence-electron chi connectivity index (χ1n) is 6.48. The van der Waals surface area contributed by atoms with Crippen molar-refractivity contribution in [3.8, 4) is 17.4 Å². The predicted octanol–water partition coefficient (Wildman–Crippen LogP) is 3.06. The molecule has 106 valence electrons. The highest BCUT2D eigenvalue weighted by Crippen LogP contribution is 2.35. The van der Waals surface area contributed by atoms with Gasteiger partial charge in [0, 0.05) is 6.20 Å². The van der Waals surface area contributed by atoms with Gasteiger partial charge in [-0.2, -0.15) is 0 Å². The Hall–Kier alpha value is -2.43. The minimum Gasteiger partial charge on any atom is -0.507 e. The minimum absolute atomic E-state index is 0.0480. The van der Waals surface area contributed by atoms with E-state index in [4.69, 9.17) is 4.74 Å². The zero-order chi connectivity index (χ0) is 14.5. The van der Waals surface area contributed by atoms with Crippen molar-refractivity contribution in [2.75, 3.05) is 11.9 Å². The lowest BCUT2D eigenvalue weighted by atomic mass is 10.1. The van der Waals surface area contributed by atoms with E-state index in [1.54, 1.807) is 30.5 Å². The second kappa shape index (κ2) is 6.14. The molecule has 1 aromatic carbocycles. The van der Waals surface area contributed by atoms with Gasteiger partial charge in [0.25, 0.3) is 0 Å². The van der Waals surface area contributed by atoms with Gasteiger partial charge < -0.3 is 20.3 Å². The molecular weight excluding hydrogens is 256 g/mol. The van der Waals surface area contributed by atoms with Gasteiger partial charge in [-0.1, -0.05) is 6.07 Å². The lowest BCUT2D eigenvalue weighted by Crippen LogP contribution is -2.09. The maximum atomic E-state index is 9.87. The fourth-order valence-electron chi connectivity index (χ4n) is 2.04. The van der Waals surface area contributed by atoms with Crippen molar-refractivity contribution in [2.45, 2.75) is 19.9 Å². The molecule has 1 atom stereocenters. The van der Waals surface area contributed by atoms with E-state index in [1.165, 1.54) is 0 Å². The van der Waals surface area contributed by atoms with Crippen LogP contribution in [0.5, 0.6) is 17.4 Å². The van der Waals surface area contributed by atoms with E-state index < -0.39 is 0 Å². The fraction of sp³-hybridized carbons (Fsp3) is 0.267. The van der Waals surface area contributed by atoms with Gasteiger partial charge in [0.05, 0.1) is 23.9 Å². The number of ether oxygens (including phenoxy) is 1. The van der Waals surface area contributed by atoms with Gasteiger partial charge in [0.1, 0.15) is 11.5 Å². The van der Waals surface area contributed by atoms with Gasteiger partial charge >= 0.3 is 0 Å². The van der Waals surface area contributed by atoms with Crippen LogP contribution in [0.2, 0.25) is 0 Å². The molecule has 0 saturated heterocycles. The number of nitrogens with zero attached hydrogens (tertiary/aromatic N) is 1. The van der Waals surface area contributed by atoms with Gasteiger partial charge in [0.15, 0.2) is 0 Å². The van der Waals surface area contributed by atoms with E-state index in [9.17, 15) is 10.2 Å². The average molecular weight is 274 g/mol. The Morgan fingerprint density at radius 3 is 2.55 bits per heavy atom. The molecule has 2 aromatic rings. The number of nitrogens with one attached hydrogen (secondary N) is 1. The maximum absolute atomic E-state index is 9.87. The SMILES string of the molecule is CCOc1ncccc1NC(C)c1c(O)cccc1O. The zero-order valence-electron chi connectivity index (χ0n) is 11.5. The lowest BCUT2D eigenvalue weighted by molar-refractivity contribution is 0.328. The number of anilines is 1. The number of phenolic OH excluding ortho intramolecular Hbond substituents is 2. The van der Waals surface area contributed by atoms with Crippen LogP contribution in [-0.2, 0) is 0 Å². The molecule has 0 aliphatic heterocycles. The van der Waals surface area contributed by atoms with E-state index in [-0.39, 0.29) is 17.5 Å². The maximum Gasteiger partial charge on any atom is 0.237 e. The summed E-state index contributed by atoms with van der Waals surface area (Å²) in [5, 5.41) is 22.9. The van der Waals surface area contributed by atoms with Crippen molar-refractivity contribution in [1.29, 1.82) is 0 Å². The number of benzene rings is 1. The molecule has 0 radical (unpaired) electrons. The first kappa shape index (κ1) is 14.0. The largest absolute Gasteiger partial charge is 0.507 e. The summed E-state index contributed by atoms with van der Waals surface area (Å²) in [6.45, 7) is 4.25. The van der Waals surface area contributed by atoms with Crippen LogP contribution in [0.15, 0.2) is 36.5 Å². The van der Waals surface area contributed by atoms with Crippen LogP contribution in [-0.4, -0.2) is 21.8 Å². The molecule has 0 fully saturated rings. The number of hydrogen-bond donors (Lipinski definition) is 3. The third-order valence-electron chi connectivity index (χ3n) is 2.92. The third-order valence-corrected chi connectivity index (χ3v) is 2.92. The lowest BCUT2D eigenvalue weighted by Gasteiger charge is -2.19. The molecule has 1 aromatic heterocycles. The van der Waals surface area contributed by atoms with E-state index in [0.717, 1.165) is 0 Å². The molecule has 5 heteroatoms. The van der Waals surface area contributed by atoms with Crippen LogP contribution >= 0.6 is 0 Å². The highest BCUT2D eigenvalue weighted by Gasteiger charge is 2.16. The quantitative estimate of drug-likeness (QED) is 0.781. The Labute approximate surface area is 117 Å². The van der Waals surface area contributed by atoms with E-state index in [2.05, 4.69) is 10.3 Å². The second-order valence-corrected chi connectivity index (χ2v) is 4.37. The number of hydrogen-bond acceptors (Lipinski definition) is 5. The Bertz CT molecular complexity index is 567. The summed E-state index contributed by atoms with van der Waals surface area (Å²) in [4.78, 5) is 4.15. The van der Waals surface area contributed by atoms with Crippen LogP contribution in [0.1, 0.15) is 25.5 Å². The Morgan fingerprint density at radius 2 is 1.90 bits per heavy atom. The number of pyridine rings is 1. The van der Waals surface area contributed by atoms with Gasteiger partial charge in [-0.3, -0.25) is 0 Å². The van der Waals surface area contributed by atoms with Crippen LogP contribution in [0.3, 0.4) is 0 Å². The van der Waals surface area contributed by atoms with E-state index >= 15 is 0 Å². The summed E-state index contributed by atoms with van der Waals surface area (Å²) < 4.78 is 5.44. The summed E-state index contributed by atoms with van der Waals surface area (Å²) in [7, 11) is 0. The van der Waals surface area contributed by atoms with E-state index in [1.807, 2.05) is 19.9 Å². The monoisotopic (exact) mass is 274 g/mol. The van der Waals surface area contributed by atoms with Crippen LogP contribution < -0.4 is 10.1 Å². The van der Waals surface area contributed by atoms with Gasteiger partial charge in [-0.15, -0.1) is 0 Å². The zero-order valence-corrected chi connectivity index (χ0v) is 11.5. The standard InChI is InChI=1S/C15H18N2O3/c1-3-20-15-11(6-5-9-16-15)17-10(2)14-12(18)7-4-8-13(14)19/h4-10,17-19H,3H2,1-2H3. The molecule has 0 saturated carbocycles. The Balaban J connectivity index is 2.26. The summed E-state index contributed by atoms with van der Waals surface area (Å²) in [5.41, 5.74) is 1.16. The molecule has 2 rings (SSSR count). The average Bonchev–Trinajstić information content (AvgIpc) is 2.41. The molecule has 5 nitrogen and oxygen atoms in total. The molecule has 0 bridgehead atoms. The fourth-order valence-corrected chi connectivity index (χ4v) is 2.04. The highest BCUT2D eigenvalue weighted by atomic mass is 16.5. The Morgan fingerprint density at radius 1 is 1.20 bits per heavy atom. The van der Waals surface area contributed by atoms with Crippen molar-refractivity contribution in [3.63, 3.8) is 0 Å². The first-order valence-corrected chi connectivity index (χ1v) is 6.48. The molecule has 1 heterocycles. The minimum atomic E-state index is -0.292. The van der Waals surface area contributed by atoms with Gasteiger partial charge in [-0.05, 0) is 38.1 Å². The summed E-state index contributed by atoms with van der Waals surface area (Å²) >= 11 is 0. The third kappa shape index (κ3) is 2.93. The summed E-state index contributed by atoms with van der Waals surface area (Å²) in [6, 6.07) is 8.02. The van der Waals surface area contributed by atoms with Crippen molar-refractivity contribution in [1.82, 2.24) is 4.98 Å². The number of rotatable bonds is 5. The van der Waals surface area contributed by atoms with Crippen molar-refractivity contribution >= 4 is 5.69 Å². The number of aromatic nitrogens is 1. The number of aromatic hydroxyl groups is 2. The first-order chi connectivity index (χ1) is 9.63. The molecule has 0 aliphatic rings. The normalized spacial score (nSPS) is 11.9. The van der Waals surface area contributed by atoms with Crippen LogP contribution in [0.4, 0.5) is 5.69 Å². The molecule has 1 unspecified atom stereocenters. The predicted molar refractivity (Wildman–Crippen MR) is 77.2 cm³/mol. The molecule has 3 N–H and O–H groups in total. The molecule has 0 amide bonds. The Kier molecular flexibility index (Phi) is 4.30. The van der Waals surface area contributed by atoms with Crippen molar-refractivity contribution < 1.29 is 14.9 Å². The number of phenols is 2. The smallest absolute Gasteiger partial charge is 0.237 e. The van der Waals surface area contributed by atoms with E-state index in [0.29, 0.717) is 23.7 Å². The molecular formula is C15H18N2O3. The van der Waals surface area contributed by atoms with Gasteiger partial charge in [-0.25, -0.2) is 4.98 Å². The van der Waals surface area contributed by atoms with Crippen LogP contribution in [0, 0.1) is 0 Å². The summed E-state index contributed by atoms with van der Waals surface area (Å²) in [5.74, 6) is 0.593. The second-order valence-electron chi connectivity index (χ2n) is 4.37. The topological polar surface area (TPSA) is 74.6 Å². The molecule has 0 aliphatic carbocycles. The molecule has 0 spiro atoms.